The second kappa shape index (κ2) is 6.40. The molecule has 2 unspecified atom stereocenters. The van der Waals surface area contributed by atoms with Crippen molar-refractivity contribution in [2.75, 3.05) is 0 Å². The molecule has 0 bridgehead atoms. The van der Waals surface area contributed by atoms with Gasteiger partial charge in [0.1, 0.15) is 5.82 Å². The fourth-order valence-electron chi connectivity index (χ4n) is 2.77. The van der Waals surface area contributed by atoms with Gasteiger partial charge < -0.3 is 4.90 Å². The van der Waals surface area contributed by atoms with E-state index < -0.39 is 5.82 Å². The summed E-state index contributed by atoms with van der Waals surface area (Å²) in [5.41, 5.74) is 0.264. The zero-order valence-corrected chi connectivity index (χ0v) is 12.5. The molecule has 0 aliphatic carbocycles. The largest absolute Gasteiger partial charge is 0.334 e. The predicted molar refractivity (Wildman–Crippen MR) is 80.1 cm³/mol. The number of benzene rings is 1. The number of rotatable bonds is 2. The van der Waals surface area contributed by atoms with Crippen LogP contribution < -0.4 is 0 Å². The van der Waals surface area contributed by atoms with Crippen molar-refractivity contribution in [1.82, 2.24) is 4.90 Å². The van der Waals surface area contributed by atoms with Crippen molar-refractivity contribution in [2.45, 2.75) is 45.2 Å². The van der Waals surface area contributed by atoms with Gasteiger partial charge in [0, 0.05) is 23.7 Å². The molecule has 0 radical (unpaired) electrons. The number of nitrogens with zero attached hydrogens (tertiary/aromatic N) is 1. The number of carbonyl (C=O) groups excluding carboxylic acids is 1. The van der Waals surface area contributed by atoms with Gasteiger partial charge >= 0.3 is 0 Å². The van der Waals surface area contributed by atoms with Crippen LogP contribution in [0.4, 0.5) is 4.39 Å². The number of amides is 1. The Bertz CT molecular complexity index is 499. The van der Waals surface area contributed by atoms with Crippen molar-refractivity contribution in [3.63, 3.8) is 0 Å². The van der Waals surface area contributed by atoms with E-state index in [1.807, 2.05) is 4.90 Å². The van der Waals surface area contributed by atoms with Gasteiger partial charge in [-0.2, -0.15) is 0 Å². The van der Waals surface area contributed by atoms with Crippen LogP contribution in [0.25, 0.3) is 6.08 Å². The highest BCUT2D eigenvalue weighted by Gasteiger charge is 2.27. The van der Waals surface area contributed by atoms with E-state index in [9.17, 15) is 9.18 Å². The molecule has 1 aliphatic rings. The van der Waals surface area contributed by atoms with Crippen LogP contribution in [0.2, 0.25) is 5.02 Å². The molecule has 2 atom stereocenters. The SMILES string of the molecule is CC1CCCC(C)N1C(=O)/C=C/c1c(F)cccc1Cl. The maximum Gasteiger partial charge on any atom is 0.247 e. The Morgan fingerprint density at radius 1 is 1.35 bits per heavy atom. The summed E-state index contributed by atoms with van der Waals surface area (Å²) in [5, 5.41) is 0.314. The van der Waals surface area contributed by atoms with E-state index >= 15 is 0 Å². The van der Waals surface area contributed by atoms with Gasteiger partial charge in [-0.15, -0.1) is 0 Å². The van der Waals surface area contributed by atoms with Crippen molar-refractivity contribution in [1.29, 1.82) is 0 Å². The minimum atomic E-state index is -0.415. The molecule has 1 amide bonds. The Balaban J connectivity index is 2.16. The summed E-state index contributed by atoms with van der Waals surface area (Å²) in [6.45, 7) is 4.11. The summed E-state index contributed by atoms with van der Waals surface area (Å²) < 4.78 is 13.6. The molecule has 20 heavy (non-hydrogen) atoms. The van der Waals surface area contributed by atoms with Crippen molar-refractivity contribution >= 4 is 23.6 Å². The van der Waals surface area contributed by atoms with Gasteiger partial charge in [-0.05, 0) is 51.3 Å². The van der Waals surface area contributed by atoms with Gasteiger partial charge in [0.2, 0.25) is 5.91 Å². The van der Waals surface area contributed by atoms with E-state index in [2.05, 4.69) is 13.8 Å². The summed E-state index contributed by atoms with van der Waals surface area (Å²) in [7, 11) is 0. The summed E-state index contributed by atoms with van der Waals surface area (Å²) in [4.78, 5) is 14.2. The maximum absolute atomic E-state index is 13.6. The molecule has 0 spiro atoms. The van der Waals surface area contributed by atoms with E-state index in [1.54, 1.807) is 12.1 Å². The third kappa shape index (κ3) is 3.21. The summed E-state index contributed by atoms with van der Waals surface area (Å²) >= 11 is 5.94. The maximum atomic E-state index is 13.6. The molecule has 1 aromatic carbocycles. The van der Waals surface area contributed by atoms with Crippen LogP contribution in [0.3, 0.4) is 0 Å². The second-order valence-electron chi connectivity index (χ2n) is 5.34. The molecule has 1 saturated heterocycles. The first-order valence-corrected chi connectivity index (χ1v) is 7.33. The van der Waals surface area contributed by atoms with Gasteiger partial charge in [-0.1, -0.05) is 17.7 Å². The fourth-order valence-corrected chi connectivity index (χ4v) is 2.99. The number of piperidine rings is 1. The zero-order valence-electron chi connectivity index (χ0n) is 11.8. The van der Waals surface area contributed by atoms with E-state index in [1.165, 1.54) is 18.2 Å². The van der Waals surface area contributed by atoms with Crippen LogP contribution >= 0.6 is 11.6 Å². The van der Waals surface area contributed by atoms with Crippen LogP contribution in [-0.4, -0.2) is 22.9 Å². The van der Waals surface area contributed by atoms with E-state index in [4.69, 9.17) is 11.6 Å². The number of likely N-dealkylation sites (tertiary alicyclic amines) is 1. The third-order valence-electron chi connectivity index (χ3n) is 3.84. The molecular formula is C16H19ClFNO. The first-order valence-electron chi connectivity index (χ1n) is 6.95. The third-order valence-corrected chi connectivity index (χ3v) is 4.17. The monoisotopic (exact) mass is 295 g/mol. The van der Waals surface area contributed by atoms with Gasteiger partial charge in [0.15, 0.2) is 0 Å². The molecule has 1 fully saturated rings. The summed E-state index contributed by atoms with van der Waals surface area (Å²) in [6, 6.07) is 4.95. The molecule has 0 aromatic heterocycles. The lowest BCUT2D eigenvalue weighted by molar-refractivity contribution is -0.131. The van der Waals surface area contributed by atoms with Gasteiger partial charge in [0.25, 0.3) is 0 Å². The molecular weight excluding hydrogens is 277 g/mol. The molecule has 1 aliphatic heterocycles. The van der Waals surface area contributed by atoms with Gasteiger partial charge in [-0.3, -0.25) is 4.79 Å². The average molecular weight is 296 g/mol. The van der Waals surface area contributed by atoms with Crippen LogP contribution in [-0.2, 0) is 4.79 Å². The second-order valence-corrected chi connectivity index (χ2v) is 5.75. The van der Waals surface area contributed by atoms with Gasteiger partial charge in [-0.25, -0.2) is 4.39 Å². The molecule has 2 rings (SSSR count). The minimum Gasteiger partial charge on any atom is -0.334 e. The number of hydrogen-bond donors (Lipinski definition) is 0. The van der Waals surface area contributed by atoms with Crippen molar-refractivity contribution in [3.05, 3.63) is 40.7 Å². The van der Waals surface area contributed by atoms with Crippen LogP contribution in [0.15, 0.2) is 24.3 Å². The van der Waals surface area contributed by atoms with E-state index in [0.717, 1.165) is 19.3 Å². The summed E-state index contributed by atoms with van der Waals surface area (Å²) in [5.74, 6) is -0.495. The summed E-state index contributed by atoms with van der Waals surface area (Å²) in [6.07, 6.45) is 6.07. The lowest BCUT2D eigenvalue weighted by Crippen LogP contribution is -2.46. The molecule has 1 aromatic rings. The molecule has 0 saturated carbocycles. The van der Waals surface area contributed by atoms with Crippen molar-refractivity contribution < 1.29 is 9.18 Å². The van der Waals surface area contributed by atoms with Crippen LogP contribution in [0.1, 0.15) is 38.7 Å². The predicted octanol–water partition coefficient (Wildman–Crippen LogP) is 4.28. The average Bonchev–Trinajstić information content (AvgIpc) is 2.38. The first kappa shape index (κ1) is 15.0. The normalized spacial score (nSPS) is 23.3. The Hall–Kier alpha value is -1.35. The molecule has 1 heterocycles. The standard InChI is InChI=1S/C16H19ClFNO/c1-11-5-3-6-12(2)19(11)16(20)10-9-13-14(17)7-4-8-15(13)18/h4,7-12H,3,5-6H2,1-2H3/b10-9+. The minimum absolute atomic E-state index is 0.0796. The molecule has 4 heteroatoms. The highest BCUT2D eigenvalue weighted by atomic mass is 35.5. The van der Waals surface area contributed by atoms with Crippen LogP contribution in [0, 0.1) is 5.82 Å². The Morgan fingerprint density at radius 3 is 2.60 bits per heavy atom. The highest BCUT2D eigenvalue weighted by molar-refractivity contribution is 6.32. The number of halogens is 2. The Kier molecular flexibility index (Phi) is 4.81. The lowest BCUT2D eigenvalue weighted by Gasteiger charge is -2.38. The van der Waals surface area contributed by atoms with E-state index in [-0.39, 0.29) is 23.6 Å². The smallest absolute Gasteiger partial charge is 0.247 e. The number of carbonyl (C=O) groups is 1. The van der Waals surface area contributed by atoms with E-state index in [0.29, 0.717) is 5.02 Å². The molecule has 108 valence electrons. The topological polar surface area (TPSA) is 20.3 Å². The van der Waals surface area contributed by atoms with Gasteiger partial charge in [0.05, 0.1) is 5.02 Å². The molecule has 0 N–H and O–H groups in total. The fraction of sp³-hybridized carbons (Fsp3) is 0.438. The highest BCUT2D eigenvalue weighted by Crippen LogP contribution is 2.24. The Labute approximate surface area is 124 Å². The van der Waals surface area contributed by atoms with Crippen molar-refractivity contribution in [3.8, 4) is 0 Å². The lowest BCUT2D eigenvalue weighted by atomic mass is 9.97. The zero-order chi connectivity index (χ0) is 14.7. The van der Waals surface area contributed by atoms with Crippen molar-refractivity contribution in [2.24, 2.45) is 0 Å². The number of hydrogen-bond acceptors (Lipinski definition) is 1. The first-order chi connectivity index (χ1) is 9.50. The molecule has 2 nitrogen and oxygen atoms in total. The quantitative estimate of drug-likeness (QED) is 0.746. The van der Waals surface area contributed by atoms with Crippen LogP contribution in [0.5, 0.6) is 0 Å². The Morgan fingerprint density at radius 2 is 2.00 bits per heavy atom.